The van der Waals surface area contributed by atoms with Crippen LogP contribution in [0.1, 0.15) is 69.7 Å². The van der Waals surface area contributed by atoms with Crippen molar-refractivity contribution in [3.63, 3.8) is 0 Å². The molecule has 154 valence electrons. The van der Waals surface area contributed by atoms with Crippen LogP contribution >= 0.6 is 11.8 Å². The molecule has 2 N–H and O–H groups in total. The van der Waals surface area contributed by atoms with Gasteiger partial charge in [0.25, 0.3) is 0 Å². The summed E-state index contributed by atoms with van der Waals surface area (Å²) in [5.74, 6) is 1.92. The Morgan fingerprint density at radius 3 is 2.72 bits per heavy atom. The lowest BCUT2D eigenvalue weighted by atomic mass is 9.92. The number of hydrogen-bond acceptors (Lipinski definition) is 4. The summed E-state index contributed by atoms with van der Waals surface area (Å²) >= 11 is 1.97. The van der Waals surface area contributed by atoms with Crippen LogP contribution in [-0.4, -0.2) is 25.5 Å². The van der Waals surface area contributed by atoms with Gasteiger partial charge in [-0.25, -0.2) is 4.98 Å². The third-order valence-electron chi connectivity index (χ3n) is 6.44. The van der Waals surface area contributed by atoms with Crippen molar-refractivity contribution < 1.29 is 0 Å². The molecule has 0 amide bonds. The highest BCUT2D eigenvalue weighted by molar-refractivity contribution is 8.09. The van der Waals surface area contributed by atoms with Crippen LogP contribution in [0.3, 0.4) is 0 Å². The lowest BCUT2D eigenvalue weighted by molar-refractivity contribution is 0.620. The number of thioether (sulfide) groups is 1. The SMILES string of the molecule is CCC(CC)/C(=C/C(C)=N)c1nc(C2=C(C)C3CC3(c3cnn(C)c3)S2)c(C)[nH]1. The van der Waals surface area contributed by atoms with Crippen molar-refractivity contribution in [2.45, 2.75) is 58.6 Å². The van der Waals surface area contributed by atoms with E-state index in [0.717, 1.165) is 35.6 Å². The van der Waals surface area contributed by atoms with Gasteiger partial charge in [0.05, 0.1) is 16.6 Å². The highest BCUT2D eigenvalue weighted by Gasteiger charge is 2.62. The van der Waals surface area contributed by atoms with Crippen molar-refractivity contribution in [1.29, 1.82) is 5.41 Å². The molecule has 29 heavy (non-hydrogen) atoms. The average Bonchev–Trinajstić information content (AvgIpc) is 2.91. The van der Waals surface area contributed by atoms with Crippen molar-refractivity contribution in [1.82, 2.24) is 19.7 Å². The molecular formula is C23H31N5S. The maximum absolute atomic E-state index is 7.99. The molecule has 3 heterocycles. The molecule has 0 saturated heterocycles. The fourth-order valence-corrected chi connectivity index (χ4v) is 6.45. The van der Waals surface area contributed by atoms with Crippen LogP contribution in [0.5, 0.6) is 0 Å². The van der Waals surface area contributed by atoms with Gasteiger partial charge in [0.15, 0.2) is 0 Å². The molecule has 2 atom stereocenters. The molecule has 2 unspecified atom stereocenters. The molecule has 0 aromatic carbocycles. The summed E-state index contributed by atoms with van der Waals surface area (Å²) in [4.78, 5) is 9.94. The number of aryl methyl sites for hydroxylation is 2. The number of nitrogens with zero attached hydrogens (tertiary/aromatic N) is 3. The summed E-state index contributed by atoms with van der Waals surface area (Å²) in [5, 5.41) is 12.4. The van der Waals surface area contributed by atoms with E-state index in [4.69, 9.17) is 10.4 Å². The Morgan fingerprint density at radius 2 is 2.14 bits per heavy atom. The Hall–Kier alpha value is -2.08. The zero-order valence-corrected chi connectivity index (χ0v) is 19.1. The number of aromatic amines is 1. The van der Waals surface area contributed by atoms with Crippen LogP contribution in [-0.2, 0) is 11.8 Å². The minimum Gasteiger partial charge on any atom is -0.342 e. The quantitative estimate of drug-likeness (QED) is 0.576. The predicted octanol–water partition coefficient (Wildman–Crippen LogP) is 5.70. The first-order valence-electron chi connectivity index (χ1n) is 10.5. The van der Waals surface area contributed by atoms with E-state index in [1.165, 1.54) is 22.5 Å². The maximum atomic E-state index is 7.99. The van der Waals surface area contributed by atoms with Crippen LogP contribution in [0.2, 0.25) is 0 Å². The molecule has 6 heteroatoms. The summed E-state index contributed by atoms with van der Waals surface area (Å²) in [6.07, 6.45) is 9.46. The molecule has 0 bridgehead atoms. The van der Waals surface area contributed by atoms with Crippen LogP contribution in [0.15, 0.2) is 24.0 Å². The van der Waals surface area contributed by atoms with Gasteiger partial charge in [-0.3, -0.25) is 4.68 Å². The van der Waals surface area contributed by atoms with Crippen LogP contribution in [0.4, 0.5) is 0 Å². The van der Waals surface area contributed by atoms with Gasteiger partial charge in [0.1, 0.15) is 5.82 Å². The summed E-state index contributed by atoms with van der Waals surface area (Å²) in [6.45, 7) is 10.6. The van der Waals surface area contributed by atoms with Crippen molar-refractivity contribution in [2.75, 3.05) is 0 Å². The van der Waals surface area contributed by atoms with Gasteiger partial charge >= 0.3 is 0 Å². The van der Waals surface area contributed by atoms with Gasteiger partial charge in [-0.15, -0.1) is 11.8 Å². The number of hydrogen-bond donors (Lipinski definition) is 2. The van der Waals surface area contributed by atoms with Gasteiger partial charge in [-0.2, -0.15) is 5.10 Å². The molecule has 2 aromatic rings. The number of allylic oxidation sites excluding steroid dienone is 3. The molecule has 5 nitrogen and oxygen atoms in total. The van der Waals surface area contributed by atoms with E-state index in [2.05, 4.69) is 44.0 Å². The first-order chi connectivity index (χ1) is 13.8. The van der Waals surface area contributed by atoms with E-state index in [0.29, 0.717) is 17.5 Å². The molecule has 2 aliphatic rings. The Kier molecular flexibility index (Phi) is 5.09. The van der Waals surface area contributed by atoms with Crippen LogP contribution < -0.4 is 0 Å². The van der Waals surface area contributed by atoms with Crippen molar-refractivity contribution in [3.8, 4) is 0 Å². The minimum atomic E-state index is 0.152. The second-order valence-corrected chi connectivity index (χ2v) is 9.86. The molecule has 1 aliphatic carbocycles. The number of nitrogens with one attached hydrogen (secondary N) is 2. The van der Waals surface area contributed by atoms with E-state index in [1.54, 1.807) is 0 Å². The standard InChI is InChI=1S/C23H31N5S/c1-7-16(8-2)18(9-13(3)24)22-26-15(5)20(27-22)21-14(4)19-10-23(19,29-21)17-11-25-28(6)12-17/h9,11-12,16,19,24H,7-8,10H2,1-6H3,(H,26,27)/b18-9-,24-13?. The number of rotatable bonds is 7. The second kappa shape index (κ2) is 7.31. The molecular weight excluding hydrogens is 378 g/mol. The van der Waals surface area contributed by atoms with E-state index in [9.17, 15) is 0 Å². The highest BCUT2D eigenvalue weighted by Crippen LogP contribution is 2.73. The molecule has 1 aliphatic heterocycles. The van der Waals surface area contributed by atoms with Crippen molar-refractivity contribution >= 4 is 28.0 Å². The lowest BCUT2D eigenvalue weighted by Gasteiger charge is -2.15. The van der Waals surface area contributed by atoms with Gasteiger partial charge in [-0.1, -0.05) is 19.4 Å². The fraction of sp³-hybridized carbons (Fsp3) is 0.522. The van der Waals surface area contributed by atoms with Gasteiger partial charge in [-0.05, 0) is 57.6 Å². The topological polar surface area (TPSA) is 70.3 Å². The summed E-state index contributed by atoms with van der Waals surface area (Å²) in [6, 6.07) is 0. The Labute approximate surface area is 177 Å². The summed E-state index contributed by atoms with van der Waals surface area (Å²) in [7, 11) is 1.99. The first kappa shape index (κ1) is 20.2. The Bertz CT molecular complexity index is 1020. The second-order valence-electron chi connectivity index (χ2n) is 8.52. The predicted molar refractivity (Wildman–Crippen MR) is 122 cm³/mol. The molecule has 2 aromatic heterocycles. The van der Waals surface area contributed by atoms with Gasteiger partial charge < -0.3 is 10.4 Å². The smallest absolute Gasteiger partial charge is 0.134 e. The average molecular weight is 410 g/mol. The van der Waals surface area contributed by atoms with E-state index >= 15 is 0 Å². The van der Waals surface area contributed by atoms with E-state index in [1.807, 2.05) is 42.7 Å². The van der Waals surface area contributed by atoms with E-state index in [-0.39, 0.29) is 4.75 Å². The molecule has 1 saturated carbocycles. The normalized spacial score (nSPS) is 23.8. The zero-order valence-electron chi connectivity index (χ0n) is 18.3. The molecule has 4 rings (SSSR count). The Balaban J connectivity index is 1.69. The zero-order chi connectivity index (χ0) is 20.9. The number of fused-ring (bicyclic) bond motifs is 1. The Morgan fingerprint density at radius 1 is 1.41 bits per heavy atom. The monoisotopic (exact) mass is 409 g/mol. The van der Waals surface area contributed by atoms with Crippen molar-refractivity contribution in [3.05, 3.63) is 46.8 Å². The van der Waals surface area contributed by atoms with Gasteiger partial charge in [0.2, 0.25) is 0 Å². The third kappa shape index (κ3) is 3.31. The lowest BCUT2D eigenvalue weighted by Crippen LogP contribution is -2.04. The summed E-state index contributed by atoms with van der Waals surface area (Å²) in [5.41, 5.74) is 6.71. The molecule has 1 fully saturated rings. The third-order valence-corrected chi connectivity index (χ3v) is 8.21. The summed E-state index contributed by atoms with van der Waals surface area (Å²) < 4.78 is 2.05. The van der Waals surface area contributed by atoms with E-state index < -0.39 is 0 Å². The molecule has 0 radical (unpaired) electrons. The fourth-order valence-electron chi connectivity index (χ4n) is 4.69. The number of aromatic nitrogens is 4. The minimum absolute atomic E-state index is 0.152. The largest absolute Gasteiger partial charge is 0.342 e. The first-order valence-corrected chi connectivity index (χ1v) is 11.3. The molecule has 0 spiro atoms. The van der Waals surface area contributed by atoms with Crippen molar-refractivity contribution in [2.24, 2.45) is 18.9 Å². The van der Waals surface area contributed by atoms with Crippen LogP contribution in [0, 0.1) is 24.2 Å². The van der Waals surface area contributed by atoms with Crippen LogP contribution in [0.25, 0.3) is 10.5 Å². The maximum Gasteiger partial charge on any atom is 0.134 e. The number of H-pyrrole nitrogens is 1. The number of imidazole rings is 1. The van der Waals surface area contributed by atoms with Gasteiger partial charge in [0, 0.05) is 41.0 Å². The highest BCUT2D eigenvalue weighted by atomic mass is 32.2.